The fourth-order valence-electron chi connectivity index (χ4n) is 3.18. The number of urea groups is 1. The molecule has 0 bridgehead atoms. The lowest BCUT2D eigenvalue weighted by atomic mass is 9.97. The largest absolute Gasteiger partial charge is 0.373 e. The Morgan fingerprint density at radius 1 is 1.14 bits per heavy atom. The smallest absolute Gasteiger partial charge is 0.319 e. The average Bonchev–Trinajstić information content (AvgIpc) is 2.69. The van der Waals surface area contributed by atoms with Crippen molar-refractivity contribution < 1.29 is 9.18 Å². The fourth-order valence-corrected chi connectivity index (χ4v) is 3.18. The summed E-state index contributed by atoms with van der Waals surface area (Å²) in [7, 11) is 1.81. The zero-order valence-electron chi connectivity index (χ0n) is 17.2. The maximum Gasteiger partial charge on any atom is 0.319 e. The Hall–Kier alpha value is -3.22. The highest BCUT2D eigenvalue weighted by Crippen LogP contribution is 2.32. The molecule has 0 unspecified atom stereocenters. The van der Waals surface area contributed by atoms with Gasteiger partial charge in [0.2, 0.25) is 0 Å². The Kier molecular flexibility index (Phi) is 6.26. The third-order valence-electron chi connectivity index (χ3n) is 4.81. The van der Waals surface area contributed by atoms with Gasteiger partial charge in [-0.2, -0.15) is 0 Å². The number of hydrogen-bond donors (Lipinski definition) is 3. The number of nitrogens with one attached hydrogen (secondary N) is 3. The quantitative estimate of drug-likeness (QED) is 0.512. The Bertz CT molecular complexity index is 1050. The van der Waals surface area contributed by atoms with E-state index in [2.05, 4.69) is 20.9 Å². The number of benzene rings is 1. The van der Waals surface area contributed by atoms with Gasteiger partial charge in [0.1, 0.15) is 11.6 Å². The van der Waals surface area contributed by atoms with Crippen molar-refractivity contribution in [2.45, 2.75) is 33.6 Å². The molecule has 0 saturated carbocycles. The van der Waals surface area contributed by atoms with Crippen LogP contribution in [0.15, 0.2) is 30.5 Å². The van der Waals surface area contributed by atoms with Gasteiger partial charge in [-0.25, -0.2) is 14.2 Å². The van der Waals surface area contributed by atoms with Crippen molar-refractivity contribution in [2.75, 3.05) is 24.2 Å². The lowest BCUT2D eigenvalue weighted by Gasteiger charge is -2.14. The molecule has 1 aromatic carbocycles. The predicted octanol–water partition coefficient (Wildman–Crippen LogP) is 5.02. The van der Waals surface area contributed by atoms with E-state index in [-0.39, 0.29) is 5.69 Å². The first kappa shape index (κ1) is 20.5. The number of pyridine rings is 2. The maximum atomic E-state index is 14.5. The Morgan fingerprint density at radius 2 is 1.93 bits per heavy atom. The normalized spacial score (nSPS) is 10.8. The number of hydrogen-bond acceptors (Lipinski definition) is 4. The van der Waals surface area contributed by atoms with Crippen molar-refractivity contribution in [3.63, 3.8) is 0 Å². The molecule has 2 heterocycles. The second-order valence-corrected chi connectivity index (χ2v) is 7.02. The third kappa shape index (κ3) is 4.62. The van der Waals surface area contributed by atoms with Crippen LogP contribution in [-0.2, 0) is 0 Å². The van der Waals surface area contributed by atoms with Gasteiger partial charge in [0.15, 0.2) is 0 Å². The summed E-state index contributed by atoms with van der Waals surface area (Å²) >= 11 is 0. The van der Waals surface area contributed by atoms with Gasteiger partial charge in [0.25, 0.3) is 0 Å². The number of anilines is 2. The van der Waals surface area contributed by atoms with Crippen molar-refractivity contribution in [1.29, 1.82) is 0 Å². The number of halogens is 1. The minimum absolute atomic E-state index is 0.141. The predicted molar refractivity (Wildman–Crippen MR) is 116 cm³/mol. The van der Waals surface area contributed by atoms with Gasteiger partial charge >= 0.3 is 6.03 Å². The lowest BCUT2D eigenvalue weighted by molar-refractivity contribution is 0.252. The topological polar surface area (TPSA) is 78.9 Å². The standard InChI is InChI=1S/C22H26FN5O/c1-5-6-7-25-22(29)28-20-10-16(13(2)8-18(20)23)17-9-15-12-26-21(24-4)11-19(15)27-14(17)3/h8-12H,5-7H2,1-4H3,(H,24,26)(H2,25,28,29). The molecule has 0 saturated heterocycles. The fraction of sp³-hybridized carbons (Fsp3) is 0.318. The van der Waals surface area contributed by atoms with E-state index >= 15 is 0 Å². The highest BCUT2D eigenvalue weighted by Gasteiger charge is 2.14. The third-order valence-corrected chi connectivity index (χ3v) is 4.81. The molecule has 3 N–H and O–H groups in total. The van der Waals surface area contributed by atoms with Crippen LogP contribution in [0.25, 0.3) is 22.0 Å². The Labute approximate surface area is 170 Å². The van der Waals surface area contributed by atoms with E-state index in [0.29, 0.717) is 6.54 Å². The lowest BCUT2D eigenvalue weighted by Crippen LogP contribution is -2.29. The van der Waals surface area contributed by atoms with Crippen molar-refractivity contribution >= 4 is 28.4 Å². The highest BCUT2D eigenvalue weighted by molar-refractivity contribution is 5.92. The number of carbonyl (C=O) groups excluding carboxylic acids is 1. The number of aromatic nitrogens is 2. The van der Waals surface area contributed by atoms with Crippen LogP contribution in [0, 0.1) is 19.7 Å². The van der Waals surface area contributed by atoms with Crippen LogP contribution in [0.1, 0.15) is 31.0 Å². The van der Waals surface area contributed by atoms with Crippen LogP contribution in [0.3, 0.4) is 0 Å². The maximum absolute atomic E-state index is 14.5. The highest BCUT2D eigenvalue weighted by atomic mass is 19.1. The van der Waals surface area contributed by atoms with E-state index in [1.54, 1.807) is 12.3 Å². The van der Waals surface area contributed by atoms with Crippen LogP contribution < -0.4 is 16.0 Å². The van der Waals surface area contributed by atoms with Crippen molar-refractivity contribution in [2.24, 2.45) is 0 Å². The van der Waals surface area contributed by atoms with Gasteiger partial charge in [0, 0.05) is 42.5 Å². The average molecular weight is 395 g/mol. The SMILES string of the molecule is CCCCNC(=O)Nc1cc(-c2cc3cnc(NC)cc3nc2C)c(C)cc1F. The summed E-state index contributed by atoms with van der Waals surface area (Å²) in [5.74, 6) is 0.277. The first-order valence-electron chi connectivity index (χ1n) is 9.73. The molecule has 2 aromatic heterocycles. The Balaban J connectivity index is 1.97. The number of carbonyl (C=O) groups is 1. The van der Waals surface area contributed by atoms with Crippen LogP contribution in [0.2, 0.25) is 0 Å². The zero-order valence-corrected chi connectivity index (χ0v) is 17.2. The van der Waals surface area contributed by atoms with Gasteiger partial charge in [0.05, 0.1) is 11.2 Å². The summed E-state index contributed by atoms with van der Waals surface area (Å²) in [6.07, 6.45) is 3.61. The number of unbranched alkanes of at least 4 members (excludes halogenated alkanes) is 1. The molecule has 0 aliphatic rings. The van der Waals surface area contributed by atoms with E-state index < -0.39 is 11.8 Å². The van der Waals surface area contributed by atoms with Crippen LogP contribution in [-0.4, -0.2) is 29.6 Å². The van der Waals surface area contributed by atoms with Crippen LogP contribution in [0.4, 0.5) is 20.7 Å². The molecule has 0 spiro atoms. The molecule has 0 radical (unpaired) electrons. The molecular formula is C22H26FN5O. The van der Waals surface area contributed by atoms with Gasteiger partial charge < -0.3 is 16.0 Å². The van der Waals surface area contributed by atoms with Crippen molar-refractivity contribution in [3.05, 3.63) is 47.5 Å². The summed E-state index contributed by atoms with van der Waals surface area (Å²) in [6, 6.07) is 6.56. The molecule has 0 aliphatic carbocycles. The molecule has 29 heavy (non-hydrogen) atoms. The summed E-state index contributed by atoms with van der Waals surface area (Å²) in [5.41, 5.74) is 4.26. The second-order valence-electron chi connectivity index (χ2n) is 7.02. The van der Waals surface area contributed by atoms with E-state index in [1.807, 2.05) is 40.0 Å². The van der Waals surface area contributed by atoms with Crippen molar-refractivity contribution in [1.82, 2.24) is 15.3 Å². The van der Waals surface area contributed by atoms with E-state index in [1.165, 1.54) is 6.07 Å². The minimum atomic E-state index is -0.469. The summed E-state index contributed by atoms with van der Waals surface area (Å²) in [5, 5.41) is 9.24. The van der Waals surface area contributed by atoms with E-state index in [9.17, 15) is 9.18 Å². The molecular weight excluding hydrogens is 369 g/mol. The molecule has 6 nitrogen and oxygen atoms in total. The number of rotatable bonds is 6. The molecule has 0 aliphatic heterocycles. The molecule has 2 amide bonds. The summed E-state index contributed by atoms with van der Waals surface area (Å²) in [6.45, 7) is 6.36. The van der Waals surface area contributed by atoms with Gasteiger partial charge in [-0.3, -0.25) is 4.98 Å². The first-order valence-corrected chi connectivity index (χ1v) is 9.73. The van der Waals surface area contributed by atoms with E-state index in [0.717, 1.165) is 51.9 Å². The number of nitrogens with zero attached hydrogens (tertiary/aromatic N) is 2. The van der Waals surface area contributed by atoms with Gasteiger partial charge in [-0.1, -0.05) is 13.3 Å². The molecule has 152 valence electrons. The van der Waals surface area contributed by atoms with Crippen molar-refractivity contribution in [3.8, 4) is 11.1 Å². The molecule has 3 aromatic rings. The second kappa shape index (κ2) is 8.86. The van der Waals surface area contributed by atoms with Gasteiger partial charge in [-0.05, 0) is 49.6 Å². The molecule has 0 fully saturated rings. The first-order chi connectivity index (χ1) is 13.9. The number of fused-ring (bicyclic) bond motifs is 1. The zero-order chi connectivity index (χ0) is 21.0. The molecule has 3 rings (SSSR count). The molecule has 7 heteroatoms. The summed E-state index contributed by atoms with van der Waals surface area (Å²) in [4.78, 5) is 21.1. The Morgan fingerprint density at radius 3 is 2.66 bits per heavy atom. The molecule has 0 atom stereocenters. The van der Waals surface area contributed by atoms with E-state index in [4.69, 9.17) is 4.98 Å². The number of aryl methyl sites for hydroxylation is 2. The van der Waals surface area contributed by atoms with Crippen LogP contribution in [0.5, 0.6) is 0 Å². The monoisotopic (exact) mass is 395 g/mol. The van der Waals surface area contributed by atoms with Crippen LogP contribution >= 0.6 is 0 Å². The minimum Gasteiger partial charge on any atom is -0.373 e. The van der Waals surface area contributed by atoms with Gasteiger partial charge in [-0.15, -0.1) is 0 Å². The number of amides is 2. The summed E-state index contributed by atoms with van der Waals surface area (Å²) < 4.78 is 14.5.